The molecule has 0 N–H and O–H groups in total. The van der Waals surface area contributed by atoms with Gasteiger partial charge in [0.2, 0.25) is 0 Å². The van der Waals surface area contributed by atoms with Crippen LogP contribution >= 0.6 is 0 Å². The number of benzene rings is 1. The average Bonchev–Trinajstić information content (AvgIpc) is 2.36. The minimum absolute atomic E-state index is 0.550. The molecule has 0 bridgehead atoms. The van der Waals surface area contributed by atoms with E-state index in [0.29, 0.717) is 6.61 Å². The van der Waals surface area contributed by atoms with Crippen molar-refractivity contribution in [1.29, 1.82) is 0 Å². The lowest BCUT2D eigenvalue weighted by Crippen LogP contribution is -2.43. The predicted octanol–water partition coefficient (Wildman–Crippen LogP) is 2.84. The predicted molar refractivity (Wildman–Crippen MR) is 66.1 cm³/mol. The molecule has 0 atom stereocenters. The van der Waals surface area contributed by atoms with Gasteiger partial charge in [-0.15, -0.1) is 0 Å². The van der Waals surface area contributed by atoms with E-state index in [1.54, 1.807) is 14.2 Å². The van der Waals surface area contributed by atoms with Crippen LogP contribution in [-0.4, -0.2) is 23.0 Å². The van der Waals surface area contributed by atoms with E-state index in [2.05, 4.69) is 6.92 Å². The monoisotopic (exact) mass is 240 g/mol. The van der Waals surface area contributed by atoms with Crippen LogP contribution in [0.25, 0.3) is 0 Å². The van der Waals surface area contributed by atoms with Gasteiger partial charge in [0.25, 0.3) is 0 Å². The Hall–Kier alpha value is -0.683. The van der Waals surface area contributed by atoms with Gasteiger partial charge in [-0.05, 0) is 5.56 Å². The van der Waals surface area contributed by atoms with E-state index < -0.39 is 8.80 Å². The van der Waals surface area contributed by atoms with Crippen LogP contribution < -0.4 is 0 Å². The molecule has 0 aliphatic carbocycles. The largest absolute Gasteiger partial charge is 0.500 e. The third kappa shape index (κ3) is 3.72. The Morgan fingerprint density at radius 3 is 2.19 bits per heavy atom. The maximum absolute atomic E-state index is 5.85. The first kappa shape index (κ1) is 13.4. The van der Waals surface area contributed by atoms with E-state index in [9.17, 15) is 0 Å². The molecule has 1 aromatic rings. The fourth-order valence-electron chi connectivity index (χ4n) is 1.55. The van der Waals surface area contributed by atoms with Crippen molar-refractivity contribution in [3.05, 3.63) is 35.9 Å². The lowest BCUT2D eigenvalue weighted by molar-refractivity contribution is 0.0911. The molecule has 0 amide bonds. The SMILES string of the molecule is CCC[Si](OC)(OC)OCc1ccccc1. The van der Waals surface area contributed by atoms with Crippen molar-refractivity contribution >= 4 is 8.80 Å². The number of rotatable bonds is 7. The van der Waals surface area contributed by atoms with Gasteiger partial charge >= 0.3 is 8.80 Å². The second-order valence-corrected chi connectivity index (χ2v) is 6.59. The highest BCUT2D eigenvalue weighted by molar-refractivity contribution is 6.60. The summed E-state index contributed by atoms with van der Waals surface area (Å²) < 4.78 is 16.7. The Balaban J connectivity index is 2.56. The summed E-state index contributed by atoms with van der Waals surface area (Å²) in [5.74, 6) is 0. The molecule has 0 saturated heterocycles. The lowest BCUT2D eigenvalue weighted by atomic mass is 10.2. The molecule has 0 heterocycles. The second kappa shape index (κ2) is 6.80. The highest BCUT2D eigenvalue weighted by Crippen LogP contribution is 2.17. The topological polar surface area (TPSA) is 27.7 Å². The molecule has 90 valence electrons. The average molecular weight is 240 g/mol. The third-order valence-corrected chi connectivity index (χ3v) is 5.42. The summed E-state index contributed by atoms with van der Waals surface area (Å²) in [6.07, 6.45) is 1.00. The fraction of sp³-hybridized carbons (Fsp3) is 0.500. The molecule has 0 unspecified atom stereocenters. The molecule has 0 saturated carbocycles. The summed E-state index contributed by atoms with van der Waals surface area (Å²) in [7, 11) is 0.900. The minimum Gasteiger partial charge on any atom is -0.377 e. The van der Waals surface area contributed by atoms with Gasteiger partial charge in [0.05, 0.1) is 6.61 Å². The van der Waals surface area contributed by atoms with Crippen molar-refractivity contribution in [2.24, 2.45) is 0 Å². The number of hydrogen-bond donors (Lipinski definition) is 0. The van der Waals surface area contributed by atoms with Gasteiger partial charge in [-0.2, -0.15) is 0 Å². The summed E-state index contributed by atoms with van der Waals surface area (Å²) in [6.45, 7) is 2.65. The van der Waals surface area contributed by atoms with Crippen LogP contribution in [0.4, 0.5) is 0 Å². The summed E-state index contributed by atoms with van der Waals surface area (Å²) in [4.78, 5) is 0. The molecule has 1 aromatic carbocycles. The van der Waals surface area contributed by atoms with Crippen molar-refractivity contribution < 1.29 is 13.3 Å². The van der Waals surface area contributed by atoms with E-state index in [1.807, 2.05) is 30.3 Å². The van der Waals surface area contributed by atoms with E-state index in [-0.39, 0.29) is 0 Å². The quantitative estimate of drug-likeness (QED) is 0.686. The van der Waals surface area contributed by atoms with Crippen LogP contribution in [-0.2, 0) is 19.9 Å². The van der Waals surface area contributed by atoms with Gasteiger partial charge in [0.1, 0.15) is 0 Å². The zero-order chi connectivity index (χ0) is 11.9. The Bertz CT molecular complexity index is 286. The molecule has 0 aromatic heterocycles. The van der Waals surface area contributed by atoms with Crippen molar-refractivity contribution in [3.63, 3.8) is 0 Å². The zero-order valence-electron chi connectivity index (χ0n) is 10.2. The van der Waals surface area contributed by atoms with E-state index >= 15 is 0 Å². The third-order valence-electron chi connectivity index (χ3n) is 2.48. The normalized spacial score (nSPS) is 11.7. The van der Waals surface area contributed by atoms with E-state index in [4.69, 9.17) is 13.3 Å². The van der Waals surface area contributed by atoms with Gasteiger partial charge in [0.15, 0.2) is 0 Å². The fourth-order valence-corrected chi connectivity index (χ4v) is 3.51. The van der Waals surface area contributed by atoms with E-state index in [1.165, 1.54) is 0 Å². The van der Waals surface area contributed by atoms with Crippen molar-refractivity contribution in [2.75, 3.05) is 14.2 Å². The van der Waals surface area contributed by atoms with Crippen LogP contribution in [0.15, 0.2) is 30.3 Å². The maximum Gasteiger partial charge on any atom is 0.500 e. The van der Waals surface area contributed by atoms with E-state index in [0.717, 1.165) is 18.0 Å². The summed E-state index contributed by atoms with van der Waals surface area (Å²) >= 11 is 0. The Morgan fingerprint density at radius 1 is 1.06 bits per heavy atom. The lowest BCUT2D eigenvalue weighted by Gasteiger charge is -2.25. The molecule has 0 aliphatic heterocycles. The Kier molecular flexibility index (Phi) is 5.69. The Labute approximate surface area is 98.7 Å². The summed E-state index contributed by atoms with van der Waals surface area (Å²) in [5, 5.41) is 0. The first-order valence-electron chi connectivity index (χ1n) is 5.54. The van der Waals surface area contributed by atoms with Crippen LogP contribution in [0.2, 0.25) is 6.04 Å². The summed E-state index contributed by atoms with van der Waals surface area (Å²) in [6, 6.07) is 10.9. The van der Waals surface area contributed by atoms with Gasteiger partial charge in [-0.25, -0.2) is 0 Å². The first-order valence-corrected chi connectivity index (χ1v) is 7.47. The molecular formula is C12H20O3Si. The second-order valence-electron chi connectivity index (χ2n) is 3.62. The van der Waals surface area contributed by atoms with Crippen molar-refractivity contribution in [3.8, 4) is 0 Å². The molecule has 0 fully saturated rings. The van der Waals surface area contributed by atoms with Gasteiger partial charge in [-0.1, -0.05) is 43.7 Å². The van der Waals surface area contributed by atoms with Crippen LogP contribution in [0.1, 0.15) is 18.9 Å². The van der Waals surface area contributed by atoms with Crippen LogP contribution in [0, 0.1) is 0 Å². The first-order chi connectivity index (χ1) is 7.76. The van der Waals surface area contributed by atoms with Gasteiger partial charge in [0, 0.05) is 20.3 Å². The van der Waals surface area contributed by atoms with Crippen LogP contribution in [0.3, 0.4) is 0 Å². The van der Waals surface area contributed by atoms with Gasteiger partial charge < -0.3 is 13.3 Å². The molecule has 3 nitrogen and oxygen atoms in total. The number of hydrogen-bond acceptors (Lipinski definition) is 3. The molecule has 1 rings (SSSR count). The maximum atomic E-state index is 5.85. The van der Waals surface area contributed by atoms with Crippen molar-refractivity contribution in [1.82, 2.24) is 0 Å². The molecule has 0 spiro atoms. The standard InChI is InChI=1S/C12H20O3Si/c1-4-10-16(13-2,14-3)15-11-12-8-6-5-7-9-12/h5-9H,4,10-11H2,1-3H3. The zero-order valence-corrected chi connectivity index (χ0v) is 11.2. The Morgan fingerprint density at radius 2 is 1.69 bits per heavy atom. The molecular weight excluding hydrogens is 220 g/mol. The molecule has 0 radical (unpaired) electrons. The van der Waals surface area contributed by atoms with Crippen molar-refractivity contribution in [2.45, 2.75) is 26.0 Å². The van der Waals surface area contributed by atoms with Gasteiger partial charge in [-0.3, -0.25) is 0 Å². The molecule has 16 heavy (non-hydrogen) atoms. The van der Waals surface area contributed by atoms with Crippen LogP contribution in [0.5, 0.6) is 0 Å². The minimum atomic E-state index is -2.43. The highest BCUT2D eigenvalue weighted by Gasteiger charge is 2.37. The molecule has 0 aliphatic rings. The highest BCUT2D eigenvalue weighted by atomic mass is 28.4. The molecule has 4 heteroatoms. The summed E-state index contributed by atoms with van der Waals surface area (Å²) in [5.41, 5.74) is 1.14. The smallest absolute Gasteiger partial charge is 0.377 e.